The van der Waals surface area contributed by atoms with Crippen molar-refractivity contribution in [2.24, 2.45) is 0 Å². The number of nitro groups is 1. The van der Waals surface area contributed by atoms with E-state index in [9.17, 15) is 25.0 Å². The molecule has 0 unspecified atom stereocenters. The van der Waals surface area contributed by atoms with Gasteiger partial charge in [0.05, 0.1) is 24.3 Å². The van der Waals surface area contributed by atoms with Gasteiger partial charge in [0, 0.05) is 17.8 Å². The zero-order valence-electron chi connectivity index (χ0n) is 20.6. The van der Waals surface area contributed by atoms with Gasteiger partial charge in [-0.3, -0.25) is 19.7 Å². The van der Waals surface area contributed by atoms with Crippen LogP contribution in [-0.4, -0.2) is 37.1 Å². The van der Waals surface area contributed by atoms with E-state index >= 15 is 0 Å². The van der Waals surface area contributed by atoms with Gasteiger partial charge in [0.2, 0.25) is 0 Å². The molecule has 0 aliphatic heterocycles. The van der Waals surface area contributed by atoms with Gasteiger partial charge < -0.3 is 24.8 Å². The van der Waals surface area contributed by atoms with Crippen LogP contribution in [-0.2, 0) is 9.59 Å². The van der Waals surface area contributed by atoms with Crippen LogP contribution in [0.15, 0.2) is 72.3 Å². The Balaban J connectivity index is 1.72. The number of rotatable bonds is 11. The summed E-state index contributed by atoms with van der Waals surface area (Å²) in [5.41, 5.74) is 0.713. The molecule has 0 aliphatic carbocycles. The smallest absolute Gasteiger partial charge is 0.271 e. The van der Waals surface area contributed by atoms with Gasteiger partial charge in [0.25, 0.3) is 17.5 Å². The van der Waals surface area contributed by atoms with Gasteiger partial charge >= 0.3 is 0 Å². The number of nitrogens with zero attached hydrogens (tertiary/aromatic N) is 2. The number of hydrogen-bond donors (Lipinski definition) is 2. The molecule has 2 amide bonds. The van der Waals surface area contributed by atoms with Gasteiger partial charge in [-0.2, -0.15) is 5.26 Å². The Labute approximate surface area is 218 Å². The van der Waals surface area contributed by atoms with Crippen molar-refractivity contribution in [2.45, 2.75) is 6.92 Å². The molecule has 0 atom stereocenters. The second kappa shape index (κ2) is 13.1. The number of carbonyl (C=O) groups excluding carboxylic acids is 2. The molecule has 2 N–H and O–H groups in total. The van der Waals surface area contributed by atoms with Crippen LogP contribution in [0.4, 0.5) is 17.1 Å². The Morgan fingerprint density at radius 3 is 2.50 bits per heavy atom. The van der Waals surface area contributed by atoms with Crippen LogP contribution in [0, 0.1) is 21.4 Å². The minimum absolute atomic E-state index is 0.176. The normalized spacial score (nSPS) is 10.6. The van der Waals surface area contributed by atoms with E-state index in [4.69, 9.17) is 14.2 Å². The number of nitro benzene ring substituents is 1. The van der Waals surface area contributed by atoms with Crippen LogP contribution in [0.25, 0.3) is 6.08 Å². The second-order valence-electron chi connectivity index (χ2n) is 7.61. The first-order chi connectivity index (χ1) is 18.3. The molecule has 0 fully saturated rings. The molecule has 0 radical (unpaired) electrons. The first-order valence-electron chi connectivity index (χ1n) is 11.3. The minimum atomic E-state index is -0.737. The van der Waals surface area contributed by atoms with Crippen molar-refractivity contribution in [2.75, 3.05) is 31.0 Å². The number of amides is 2. The average molecular weight is 517 g/mol. The van der Waals surface area contributed by atoms with E-state index in [-0.39, 0.29) is 23.6 Å². The van der Waals surface area contributed by atoms with Crippen molar-refractivity contribution in [3.05, 3.63) is 88.0 Å². The maximum absolute atomic E-state index is 12.6. The van der Waals surface area contributed by atoms with Crippen molar-refractivity contribution in [3.63, 3.8) is 0 Å². The summed E-state index contributed by atoms with van der Waals surface area (Å²) >= 11 is 0. The number of non-ortho nitro benzene ring substituents is 1. The Bertz CT molecular complexity index is 1410. The molecule has 0 heterocycles. The molecular weight excluding hydrogens is 492 g/mol. The number of nitrogens with one attached hydrogen (secondary N) is 2. The molecule has 0 bridgehead atoms. The fourth-order valence-corrected chi connectivity index (χ4v) is 3.29. The molecule has 11 nitrogen and oxygen atoms in total. The number of hydrogen-bond acceptors (Lipinski definition) is 8. The van der Waals surface area contributed by atoms with Gasteiger partial charge in [-0.15, -0.1) is 0 Å². The fraction of sp³-hybridized carbons (Fsp3) is 0.148. The predicted molar refractivity (Wildman–Crippen MR) is 140 cm³/mol. The van der Waals surface area contributed by atoms with Gasteiger partial charge in [0.15, 0.2) is 18.1 Å². The summed E-state index contributed by atoms with van der Waals surface area (Å²) < 4.78 is 16.5. The number of nitriles is 1. The van der Waals surface area contributed by atoms with E-state index in [0.29, 0.717) is 35.1 Å². The molecule has 0 saturated heterocycles. The number of ether oxygens (including phenoxy) is 3. The van der Waals surface area contributed by atoms with Crippen molar-refractivity contribution in [1.82, 2.24) is 0 Å². The summed E-state index contributed by atoms with van der Waals surface area (Å²) in [6.07, 6.45) is 1.34. The average Bonchev–Trinajstić information content (AvgIpc) is 2.91. The molecule has 0 spiro atoms. The quantitative estimate of drug-likeness (QED) is 0.163. The standard InChI is InChI=1S/C27H24N4O7/c1-3-37-25-14-18(13-19(16-28)27(33)29-20-7-6-8-21(15-20)31(34)35)11-12-24(25)38-17-26(32)30-22-9-4-5-10-23(22)36-2/h4-15H,3,17H2,1-2H3,(H,29,33)(H,30,32)/b19-13-. The summed E-state index contributed by atoms with van der Waals surface area (Å²) in [6.45, 7) is 1.77. The number of methoxy groups -OCH3 is 1. The van der Waals surface area contributed by atoms with E-state index in [0.717, 1.165) is 0 Å². The van der Waals surface area contributed by atoms with Crippen molar-refractivity contribution >= 4 is 35.0 Å². The lowest BCUT2D eigenvalue weighted by Crippen LogP contribution is -2.20. The third-order valence-corrected chi connectivity index (χ3v) is 5.00. The Kier molecular flexibility index (Phi) is 9.37. The lowest BCUT2D eigenvalue weighted by molar-refractivity contribution is -0.384. The van der Waals surface area contributed by atoms with Crippen LogP contribution in [0.5, 0.6) is 17.2 Å². The number of anilines is 2. The zero-order valence-corrected chi connectivity index (χ0v) is 20.6. The highest BCUT2D eigenvalue weighted by molar-refractivity contribution is 6.09. The van der Waals surface area contributed by atoms with Gasteiger partial charge in [-0.25, -0.2) is 0 Å². The van der Waals surface area contributed by atoms with Gasteiger partial charge in [-0.05, 0) is 48.9 Å². The molecular formula is C27H24N4O7. The van der Waals surface area contributed by atoms with E-state index < -0.39 is 16.7 Å². The zero-order chi connectivity index (χ0) is 27.5. The monoisotopic (exact) mass is 516 g/mol. The first kappa shape index (κ1) is 27.2. The van der Waals surface area contributed by atoms with Crippen molar-refractivity contribution in [1.29, 1.82) is 5.26 Å². The molecule has 3 rings (SSSR count). The SMILES string of the molecule is CCOc1cc(/C=C(/C#N)C(=O)Nc2cccc([N+](=O)[O-])c2)ccc1OCC(=O)Nc1ccccc1OC. The summed E-state index contributed by atoms with van der Waals surface area (Å²) in [6, 6.07) is 18.9. The summed E-state index contributed by atoms with van der Waals surface area (Å²) in [5.74, 6) is -0.0407. The van der Waals surface area contributed by atoms with E-state index in [1.807, 2.05) is 6.07 Å². The number of carbonyl (C=O) groups is 2. The molecule has 0 aliphatic rings. The van der Waals surface area contributed by atoms with E-state index in [1.54, 1.807) is 49.4 Å². The predicted octanol–water partition coefficient (Wildman–Crippen LogP) is 4.57. The molecule has 11 heteroatoms. The Morgan fingerprint density at radius 2 is 1.79 bits per heavy atom. The number of para-hydroxylation sites is 2. The first-order valence-corrected chi connectivity index (χ1v) is 11.3. The maximum Gasteiger partial charge on any atom is 0.271 e. The minimum Gasteiger partial charge on any atom is -0.495 e. The fourth-order valence-electron chi connectivity index (χ4n) is 3.29. The molecule has 3 aromatic carbocycles. The third-order valence-electron chi connectivity index (χ3n) is 5.00. The molecule has 194 valence electrons. The van der Waals surface area contributed by atoms with Crippen molar-refractivity contribution < 1.29 is 28.7 Å². The third kappa shape index (κ3) is 7.32. The van der Waals surface area contributed by atoms with Crippen LogP contribution >= 0.6 is 0 Å². The van der Waals surface area contributed by atoms with Gasteiger partial charge in [0.1, 0.15) is 17.4 Å². The molecule has 0 aromatic heterocycles. The highest BCUT2D eigenvalue weighted by Gasteiger charge is 2.14. The van der Waals surface area contributed by atoms with Crippen molar-refractivity contribution in [3.8, 4) is 23.3 Å². The highest BCUT2D eigenvalue weighted by atomic mass is 16.6. The van der Waals surface area contributed by atoms with Gasteiger partial charge in [-0.1, -0.05) is 24.3 Å². The van der Waals surface area contributed by atoms with Crippen LogP contribution in [0.1, 0.15) is 12.5 Å². The summed E-state index contributed by atoms with van der Waals surface area (Å²) in [7, 11) is 1.50. The molecule has 0 saturated carbocycles. The highest BCUT2D eigenvalue weighted by Crippen LogP contribution is 2.30. The topological polar surface area (TPSA) is 153 Å². The number of benzene rings is 3. The van der Waals surface area contributed by atoms with E-state index in [1.165, 1.54) is 37.5 Å². The Hall–Kier alpha value is -5.37. The lowest BCUT2D eigenvalue weighted by atomic mass is 10.1. The lowest BCUT2D eigenvalue weighted by Gasteiger charge is -2.14. The maximum atomic E-state index is 12.6. The molecule has 3 aromatic rings. The summed E-state index contributed by atoms with van der Waals surface area (Å²) in [5, 5.41) is 25.7. The Morgan fingerprint density at radius 1 is 1.00 bits per heavy atom. The molecule has 38 heavy (non-hydrogen) atoms. The van der Waals surface area contributed by atoms with E-state index in [2.05, 4.69) is 10.6 Å². The largest absolute Gasteiger partial charge is 0.495 e. The van der Waals surface area contributed by atoms with Crippen LogP contribution in [0.2, 0.25) is 0 Å². The van der Waals surface area contributed by atoms with Crippen LogP contribution < -0.4 is 24.8 Å². The second-order valence-corrected chi connectivity index (χ2v) is 7.61. The van der Waals surface area contributed by atoms with Crippen LogP contribution in [0.3, 0.4) is 0 Å². The summed E-state index contributed by atoms with van der Waals surface area (Å²) in [4.78, 5) is 35.4.